The van der Waals surface area contributed by atoms with Crippen molar-refractivity contribution in [1.29, 1.82) is 0 Å². The van der Waals surface area contributed by atoms with Crippen LogP contribution in [-0.2, 0) is 16.0 Å². The predicted octanol–water partition coefficient (Wildman–Crippen LogP) is 1.05. The van der Waals surface area contributed by atoms with E-state index in [9.17, 15) is 9.59 Å². The minimum absolute atomic E-state index is 0.145. The molecule has 90 valence electrons. The lowest BCUT2D eigenvalue weighted by molar-refractivity contribution is -0.118. The molecule has 0 saturated heterocycles. The van der Waals surface area contributed by atoms with E-state index < -0.39 is 0 Å². The molecule has 1 rings (SSSR count). The Balaban J connectivity index is 2.50. The number of nitrogens with zero attached hydrogens (tertiary/aromatic N) is 1. The van der Waals surface area contributed by atoms with E-state index >= 15 is 0 Å². The molecule has 0 saturated carbocycles. The Labute approximate surface area is 103 Å². The number of ketones is 1. The van der Waals surface area contributed by atoms with Crippen LogP contribution in [0.3, 0.4) is 0 Å². The Kier molecular flexibility index (Phi) is 5.63. The second-order valence-corrected chi connectivity index (χ2v) is 4.39. The van der Waals surface area contributed by atoms with E-state index in [1.807, 2.05) is 49.0 Å². The molecule has 17 heavy (non-hydrogen) atoms. The first-order valence-corrected chi connectivity index (χ1v) is 5.86. The van der Waals surface area contributed by atoms with Crippen molar-refractivity contribution >= 4 is 19.4 Å². The summed E-state index contributed by atoms with van der Waals surface area (Å²) in [5.74, 6) is 0.145. The van der Waals surface area contributed by atoms with E-state index in [0.29, 0.717) is 20.4 Å². The fourth-order valence-electron chi connectivity index (χ4n) is 1.66. The maximum Gasteiger partial charge on any atom is 0.281 e. The minimum Gasteiger partial charge on any atom is -0.330 e. The Morgan fingerprint density at radius 3 is 2.53 bits per heavy atom. The van der Waals surface area contributed by atoms with Crippen LogP contribution in [0.4, 0.5) is 0 Å². The molecule has 0 aliphatic carbocycles. The van der Waals surface area contributed by atoms with Crippen molar-refractivity contribution in [3.05, 3.63) is 35.9 Å². The molecule has 0 aromatic heterocycles. The van der Waals surface area contributed by atoms with Gasteiger partial charge in [0.15, 0.2) is 0 Å². The Morgan fingerprint density at radius 2 is 2.00 bits per heavy atom. The van der Waals surface area contributed by atoms with Gasteiger partial charge in [-0.25, -0.2) is 0 Å². The van der Waals surface area contributed by atoms with Gasteiger partial charge in [-0.3, -0.25) is 4.79 Å². The summed E-state index contributed by atoms with van der Waals surface area (Å²) in [6.07, 6.45) is 1.28. The summed E-state index contributed by atoms with van der Waals surface area (Å²) in [6.45, 7) is 4.31. The summed E-state index contributed by atoms with van der Waals surface area (Å²) in [4.78, 5) is 24.2. The lowest BCUT2D eigenvalue weighted by Gasteiger charge is -2.22. The second-order valence-electron chi connectivity index (χ2n) is 4.39. The van der Waals surface area contributed by atoms with Crippen LogP contribution < -0.4 is 0 Å². The van der Waals surface area contributed by atoms with Crippen molar-refractivity contribution in [3.63, 3.8) is 0 Å². The molecule has 0 spiro atoms. The minimum atomic E-state index is 0.145. The van der Waals surface area contributed by atoms with Gasteiger partial charge in [-0.1, -0.05) is 44.2 Å². The van der Waals surface area contributed by atoms with Crippen LogP contribution in [0.1, 0.15) is 19.4 Å². The van der Waals surface area contributed by atoms with E-state index in [2.05, 4.69) is 0 Å². The number of benzene rings is 1. The second kappa shape index (κ2) is 7.02. The van der Waals surface area contributed by atoms with Crippen LogP contribution >= 0.6 is 0 Å². The van der Waals surface area contributed by atoms with E-state index in [4.69, 9.17) is 0 Å². The van der Waals surface area contributed by atoms with Gasteiger partial charge in [-0.05, 0) is 11.6 Å². The zero-order valence-electron chi connectivity index (χ0n) is 10.4. The van der Waals surface area contributed by atoms with Crippen molar-refractivity contribution in [2.45, 2.75) is 26.3 Å². The molecular formula is C13H18BNO2. The van der Waals surface area contributed by atoms with Gasteiger partial charge in [0.25, 0.3) is 7.41 Å². The van der Waals surface area contributed by atoms with Gasteiger partial charge in [0.1, 0.15) is 5.78 Å². The summed E-state index contributed by atoms with van der Waals surface area (Å²) in [7, 11) is 0.318. The molecule has 0 atom stereocenters. The quantitative estimate of drug-likeness (QED) is 0.520. The maximum absolute atomic E-state index is 11.8. The molecule has 1 aromatic rings. The molecule has 1 aromatic carbocycles. The highest BCUT2D eigenvalue weighted by Crippen LogP contribution is 2.02. The molecule has 0 bridgehead atoms. The fraction of sp³-hybridized carbons (Fsp3) is 0.385. The summed E-state index contributed by atoms with van der Waals surface area (Å²) in [6, 6.07) is 9.87. The summed E-state index contributed by atoms with van der Waals surface area (Å²) >= 11 is 0. The van der Waals surface area contributed by atoms with Crippen molar-refractivity contribution in [2.75, 3.05) is 6.54 Å². The number of hydrogen-bond acceptors (Lipinski definition) is 3. The van der Waals surface area contributed by atoms with Crippen LogP contribution in [0.5, 0.6) is 0 Å². The van der Waals surface area contributed by atoms with Gasteiger partial charge in [-0.15, -0.1) is 0 Å². The summed E-state index contributed by atoms with van der Waals surface area (Å²) in [5, 5.41) is 0. The fourth-order valence-corrected chi connectivity index (χ4v) is 1.66. The number of carbonyl (C=O) groups is 2. The zero-order valence-corrected chi connectivity index (χ0v) is 10.4. The van der Waals surface area contributed by atoms with E-state index in [0.717, 1.165) is 11.7 Å². The molecule has 0 radical (unpaired) electrons. The Hall–Kier alpha value is -1.42. The highest BCUT2D eigenvalue weighted by atomic mass is 16.1. The molecule has 0 fully saturated rings. The van der Waals surface area contributed by atoms with E-state index in [-0.39, 0.29) is 11.8 Å². The third-order valence-corrected chi connectivity index (χ3v) is 2.66. The van der Waals surface area contributed by atoms with Crippen LogP contribution in [0.25, 0.3) is 0 Å². The topological polar surface area (TPSA) is 37.4 Å². The smallest absolute Gasteiger partial charge is 0.281 e. The SMILES string of the molecule is CC(C)N(BC=O)CC(=O)Cc1ccccc1. The van der Waals surface area contributed by atoms with Crippen molar-refractivity contribution in [3.8, 4) is 0 Å². The zero-order chi connectivity index (χ0) is 12.7. The number of rotatable bonds is 7. The average Bonchev–Trinajstić information content (AvgIpc) is 2.29. The number of hydrogen-bond donors (Lipinski definition) is 0. The Morgan fingerprint density at radius 1 is 1.35 bits per heavy atom. The average molecular weight is 231 g/mol. The monoisotopic (exact) mass is 231 g/mol. The van der Waals surface area contributed by atoms with Crippen LogP contribution in [-0.4, -0.2) is 36.8 Å². The van der Waals surface area contributed by atoms with Crippen LogP contribution in [0, 0.1) is 0 Å². The van der Waals surface area contributed by atoms with Gasteiger partial charge in [0, 0.05) is 13.0 Å². The first-order chi connectivity index (χ1) is 8.13. The first-order valence-electron chi connectivity index (χ1n) is 5.86. The predicted molar refractivity (Wildman–Crippen MR) is 70.9 cm³/mol. The molecule has 0 aliphatic rings. The van der Waals surface area contributed by atoms with Gasteiger partial charge >= 0.3 is 0 Å². The van der Waals surface area contributed by atoms with Crippen LogP contribution in [0.15, 0.2) is 30.3 Å². The molecule has 0 unspecified atom stereocenters. The molecular weight excluding hydrogens is 213 g/mol. The van der Waals surface area contributed by atoms with Crippen LogP contribution in [0.2, 0.25) is 0 Å². The van der Waals surface area contributed by atoms with Gasteiger partial charge < -0.3 is 9.61 Å². The largest absolute Gasteiger partial charge is 0.330 e. The highest BCUT2D eigenvalue weighted by Gasteiger charge is 2.14. The summed E-state index contributed by atoms with van der Waals surface area (Å²) < 4.78 is 0. The van der Waals surface area contributed by atoms with Crippen molar-refractivity contribution in [2.24, 2.45) is 0 Å². The standard InChI is InChI=1S/C13H18BNO2/c1-11(2)15(14-10-16)9-13(17)8-12-6-4-3-5-7-12/h3-7,10-11,14H,8-9H2,1-2H3. The highest BCUT2D eigenvalue weighted by molar-refractivity contribution is 6.64. The Bertz CT molecular complexity index is 365. The van der Waals surface area contributed by atoms with Crippen molar-refractivity contribution < 1.29 is 9.59 Å². The maximum atomic E-state index is 11.8. The molecule has 0 N–H and O–H groups in total. The molecule has 0 amide bonds. The van der Waals surface area contributed by atoms with E-state index in [1.165, 1.54) is 0 Å². The lowest BCUT2D eigenvalue weighted by atomic mass is 9.91. The lowest BCUT2D eigenvalue weighted by Crippen LogP contribution is -2.39. The number of carbonyl (C=O) groups excluding carboxylic acids is 2. The molecule has 0 heterocycles. The van der Waals surface area contributed by atoms with E-state index in [1.54, 1.807) is 0 Å². The third-order valence-electron chi connectivity index (χ3n) is 2.66. The first kappa shape index (κ1) is 13.6. The number of Topliss-reactive ketones (excluding diaryl/α,β-unsaturated/α-hetero) is 1. The van der Waals surface area contributed by atoms with Gasteiger partial charge in [-0.2, -0.15) is 0 Å². The van der Waals surface area contributed by atoms with Gasteiger partial charge in [0.05, 0.1) is 6.19 Å². The van der Waals surface area contributed by atoms with Gasteiger partial charge in [0.2, 0.25) is 0 Å². The molecule has 4 heteroatoms. The summed E-state index contributed by atoms with van der Waals surface area (Å²) in [5.41, 5.74) is 1.02. The normalized spacial score (nSPS) is 10.6. The molecule has 0 aliphatic heterocycles. The van der Waals surface area contributed by atoms with Crippen molar-refractivity contribution in [1.82, 2.24) is 4.81 Å². The molecule has 3 nitrogen and oxygen atoms in total. The third kappa shape index (κ3) is 4.96.